The van der Waals surface area contributed by atoms with Crippen LogP contribution in [0.1, 0.15) is 53.6 Å². The third kappa shape index (κ3) is 3.23. The summed E-state index contributed by atoms with van der Waals surface area (Å²) in [6.07, 6.45) is 6.75. The van der Waals surface area contributed by atoms with Gasteiger partial charge in [-0.15, -0.1) is 0 Å². The Balaban J connectivity index is 1.57. The molecule has 5 rings (SSSR count). The van der Waals surface area contributed by atoms with Gasteiger partial charge in [-0.2, -0.15) is 0 Å². The van der Waals surface area contributed by atoms with Crippen LogP contribution in [0, 0.1) is 13.8 Å². The van der Waals surface area contributed by atoms with Gasteiger partial charge < -0.3 is 9.47 Å². The lowest BCUT2D eigenvalue weighted by molar-refractivity contribution is 0.254. The summed E-state index contributed by atoms with van der Waals surface area (Å²) in [6, 6.07) is 13.5. The highest BCUT2D eigenvalue weighted by atomic mass is 32.2. The van der Waals surface area contributed by atoms with Crippen molar-refractivity contribution in [3.63, 3.8) is 0 Å². The van der Waals surface area contributed by atoms with E-state index in [1.807, 2.05) is 36.4 Å². The maximum Gasteiger partial charge on any atom is 0.160 e. The average Bonchev–Trinajstić information content (AvgIpc) is 3.43. The molecule has 5 heterocycles. The molecule has 0 radical (unpaired) electrons. The fourth-order valence-electron chi connectivity index (χ4n) is 4.73. The number of amidine groups is 1. The first-order valence-corrected chi connectivity index (χ1v) is 11.6. The third-order valence-electron chi connectivity index (χ3n) is 6.35. The smallest absolute Gasteiger partial charge is 0.160 e. The summed E-state index contributed by atoms with van der Waals surface area (Å²) in [4.78, 5) is 16.6. The van der Waals surface area contributed by atoms with E-state index in [-0.39, 0.29) is 12.1 Å². The van der Waals surface area contributed by atoms with Crippen LogP contribution in [0.15, 0.2) is 60.0 Å². The van der Waals surface area contributed by atoms with Crippen LogP contribution in [-0.2, 0) is 6.54 Å². The molecule has 1 saturated heterocycles. The number of rotatable bonds is 5. The Morgan fingerprint density at radius 1 is 1.10 bits per heavy atom. The van der Waals surface area contributed by atoms with E-state index in [1.54, 1.807) is 0 Å². The van der Waals surface area contributed by atoms with Gasteiger partial charge in [0.1, 0.15) is 6.04 Å². The van der Waals surface area contributed by atoms with Crippen molar-refractivity contribution in [2.75, 3.05) is 5.75 Å². The Kier molecular flexibility index (Phi) is 5.11. The summed E-state index contributed by atoms with van der Waals surface area (Å²) in [6.45, 7) is 7.61. The largest absolute Gasteiger partial charge is 0.344 e. The van der Waals surface area contributed by atoms with Crippen molar-refractivity contribution < 1.29 is 0 Å². The molecule has 0 unspecified atom stereocenters. The van der Waals surface area contributed by atoms with E-state index in [2.05, 4.69) is 70.5 Å². The minimum Gasteiger partial charge on any atom is -0.344 e. The van der Waals surface area contributed by atoms with Gasteiger partial charge in [-0.3, -0.25) is 15.0 Å². The van der Waals surface area contributed by atoms with Gasteiger partial charge in [0, 0.05) is 48.3 Å². The predicted molar refractivity (Wildman–Crippen MR) is 123 cm³/mol. The number of hydrogen-bond acceptors (Lipinski definition) is 5. The highest BCUT2D eigenvalue weighted by molar-refractivity contribution is 8.14. The van der Waals surface area contributed by atoms with Crippen LogP contribution in [0.3, 0.4) is 0 Å². The van der Waals surface area contributed by atoms with E-state index in [9.17, 15) is 0 Å². The normalized spacial score (nSPS) is 23.0. The van der Waals surface area contributed by atoms with Crippen LogP contribution < -0.4 is 0 Å². The molecule has 0 amide bonds. The minimum atomic E-state index is 0.0397. The first-order chi connectivity index (χ1) is 14.7. The van der Waals surface area contributed by atoms with Gasteiger partial charge in [0.05, 0.1) is 11.7 Å². The summed E-state index contributed by atoms with van der Waals surface area (Å²) in [5.41, 5.74) is 6.30. The standard InChI is InChI=1S/C24H27N5S/c1-4-19-15-30-24-27-22(21-7-5-6-10-26-21)23(29(19)24)20-13-16(2)28(17(20)3)14-18-8-11-25-12-9-18/h5-13,19,22-23H,4,14-15H2,1-3H3/t19-,22+,23+/m0/s1. The highest BCUT2D eigenvalue weighted by Gasteiger charge is 2.46. The lowest BCUT2D eigenvalue weighted by atomic mass is 9.95. The summed E-state index contributed by atoms with van der Waals surface area (Å²) in [5.74, 6) is 1.12. The van der Waals surface area contributed by atoms with Gasteiger partial charge in [-0.25, -0.2) is 0 Å². The second-order valence-electron chi connectivity index (χ2n) is 8.10. The Hall–Kier alpha value is -2.60. The topological polar surface area (TPSA) is 46.3 Å². The Morgan fingerprint density at radius 3 is 2.67 bits per heavy atom. The fraction of sp³-hybridized carbons (Fsp3) is 0.375. The van der Waals surface area contributed by atoms with Crippen LogP contribution in [0.2, 0.25) is 0 Å². The van der Waals surface area contributed by atoms with Crippen molar-refractivity contribution >= 4 is 16.9 Å². The zero-order chi connectivity index (χ0) is 20.7. The molecule has 3 aromatic heterocycles. The summed E-state index contributed by atoms with van der Waals surface area (Å²) in [5, 5.41) is 1.18. The van der Waals surface area contributed by atoms with E-state index in [0.717, 1.165) is 24.4 Å². The summed E-state index contributed by atoms with van der Waals surface area (Å²) < 4.78 is 2.42. The fourth-order valence-corrected chi connectivity index (χ4v) is 6.07. The quantitative estimate of drug-likeness (QED) is 0.591. The second-order valence-corrected chi connectivity index (χ2v) is 9.09. The van der Waals surface area contributed by atoms with E-state index in [0.29, 0.717) is 6.04 Å². The summed E-state index contributed by atoms with van der Waals surface area (Å²) >= 11 is 1.90. The van der Waals surface area contributed by atoms with Crippen molar-refractivity contribution in [1.82, 2.24) is 19.4 Å². The minimum absolute atomic E-state index is 0.0397. The van der Waals surface area contributed by atoms with Gasteiger partial charge in [-0.1, -0.05) is 24.8 Å². The molecule has 0 aromatic carbocycles. The number of aromatic nitrogens is 3. The van der Waals surface area contributed by atoms with Crippen LogP contribution in [0.5, 0.6) is 0 Å². The van der Waals surface area contributed by atoms with Crippen molar-refractivity contribution in [2.45, 2.75) is 51.9 Å². The summed E-state index contributed by atoms with van der Waals surface area (Å²) in [7, 11) is 0. The number of nitrogens with zero attached hydrogens (tertiary/aromatic N) is 5. The Morgan fingerprint density at radius 2 is 1.93 bits per heavy atom. The third-order valence-corrected chi connectivity index (χ3v) is 7.48. The van der Waals surface area contributed by atoms with Crippen LogP contribution in [0.25, 0.3) is 0 Å². The molecule has 0 saturated carbocycles. The molecule has 3 aromatic rings. The lowest BCUT2D eigenvalue weighted by Gasteiger charge is -2.32. The lowest BCUT2D eigenvalue weighted by Crippen LogP contribution is -2.35. The van der Waals surface area contributed by atoms with Gasteiger partial charge in [-0.05, 0) is 61.7 Å². The SMILES string of the molecule is CC[C@H]1CSC2=N[C@H](c3ccccn3)[C@@H](c3cc(C)n(Cc4ccncc4)c3C)N21. The molecular weight excluding hydrogens is 390 g/mol. The zero-order valence-corrected chi connectivity index (χ0v) is 18.5. The van der Waals surface area contributed by atoms with E-state index in [1.165, 1.54) is 27.7 Å². The second kappa shape index (κ2) is 7.91. The number of pyridine rings is 2. The van der Waals surface area contributed by atoms with Gasteiger partial charge >= 0.3 is 0 Å². The number of hydrogen-bond donors (Lipinski definition) is 0. The molecule has 0 N–H and O–H groups in total. The molecular formula is C24H27N5S. The first-order valence-electron chi connectivity index (χ1n) is 10.6. The van der Waals surface area contributed by atoms with Gasteiger partial charge in [0.15, 0.2) is 5.17 Å². The number of aryl methyl sites for hydroxylation is 1. The molecule has 5 nitrogen and oxygen atoms in total. The molecule has 2 aliphatic heterocycles. The Bertz CT molecular complexity index is 1060. The number of aliphatic imine (C=N–C) groups is 1. The average molecular weight is 418 g/mol. The molecule has 0 aliphatic carbocycles. The van der Waals surface area contributed by atoms with Crippen molar-refractivity contribution in [1.29, 1.82) is 0 Å². The van der Waals surface area contributed by atoms with Crippen molar-refractivity contribution in [2.24, 2.45) is 4.99 Å². The molecule has 0 bridgehead atoms. The Labute approximate surface area is 182 Å². The van der Waals surface area contributed by atoms with E-state index >= 15 is 0 Å². The first kappa shape index (κ1) is 19.4. The van der Waals surface area contributed by atoms with Crippen molar-refractivity contribution in [3.8, 4) is 0 Å². The molecule has 0 spiro atoms. The van der Waals surface area contributed by atoms with Crippen LogP contribution in [-0.4, -0.2) is 36.4 Å². The number of fused-ring (bicyclic) bond motifs is 1. The van der Waals surface area contributed by atoms with E-state index in [4.69, 9.17) is 4.99 Å². The predicted octanol–water partition coefficient (Wildman–Crippen LogP) is 4.92. The zero-order valence-electron chi connectivity index (χ0n) is 17.7. The van der Waals surface area contributed by atoms with E-state index < -0.39 is 0 Å². The molecule has 1 fully saturated rings. The molecule has 154 valence electrons. The maximum atomic E-state index is 5.17. The monoisotopic (exact) mass is 417 g/mol. The van der Waals surface area contributed by atoms with Crippen LogP contribution in [0.4, 0.5) is 0 Å². The van der Waals surface area contributed by atoms with Gasteiger partial charge in [0.2, 0.25) is 0 Å². The molecule has 3 atom stereocenters. The molecule has 6 heteroatoms. The number of thioether (sulfide) groups is 1. The molecule has 30 heavy (non-hydrogen) atoms. The highest BCUT2D eigenvalue weighted by Crippen LogP contribution is 2.49. The van der Waals surface area contributed by atoms with Crippen LogP contribution >= 0.6 is 11.8 Å². The maximum absolute atomic E-state index is 5.17. The molecule has 2 aliphatic rings. The van der Waals surface area contributed by atoms with Crippen molar-refractivity contribution in [3.05, 3.63) is 83.2 Å². The van der Waals surface area contributed by atoms with Gasteiger partial charge in [0.25, 0.3) is 0 Å².